The van der Waals surface area contributed by atoms with Crippen LogP contribution in [0.3, 0.4) is 0 Å². The molecule has 2 aliphatic heterocycles. The van der Waals surface area contributed by atoms with Crippen molar-refractivity contribution in [2.45, 2.75) is 33.2 Å². The molecule has 0 bridgehead atoms. The lowest BCUT2D eigenvalue weighted by Gasteiger charge is -2.30. The summed E-state index contributed by atoms with van der Waals surface area (Å²) in [6, 6.07) is 11.7. The van der Waals surface area contributed by atoms with Gasteiger partial charge < -0.3 is 10.2 Å². The van der Waals surface area contributed by atoms with E-state index in [1.54, 1.807) is 6.07 Å². The van der Waals surface area contributed by atoms with Gasteiger partial charge in [0.15, 0.2) is 0 Å². The van der Waals surface area contributed by atoms with Crippen molar-refractivity contribution in [1.82, 2.24) is 19.9 Å². The van der Waals surface area contributed by atoms with E-state index in [9.17, 15) is 4.79 Å². The fourth-order valence-corrected chi connectivity index (χ4v) is 4.86. The van der Waals surface area contributed by atoms with Gasteiger partial charge in [0.25, 0.3) is 0 Å². The lowest BCUT2D eigenvalue weighted by atomic mass is 10.1. The number of hydrogen-bond donors (Lipinski definition) is 1. The molecule has 182 valence electrons. The van der Waals surface area contributed by atoms with Crippen LogP contribution < -0.4 is 10.2 Å². The standard InChI is InChI=1S/C26H30ClN7O/c1-17(2)15-32(3)25-12-24-23(11-21(25)27)30-26(35)13-22(29-24)18-6-4-7-19(10-18)34-20(14-28-31-34)16-33-8-5-9-33/h4,6-7,10-12,14,17H,5,8-9,13,15-16H2,1-3H3,(H,30,35). The molecule has 8 nitrogen and oxygen atoms in total. The van der Waals surface area contributed by atoms with Crippen molar-refractivity contribution in [3.63, 3.8) is 0 Å². The van der Waals surface area contributed by atoms with Gasteiger partial charge in [-0.1, -0.05) is 42.8 Å². The molecule has 1 fully saturated rings. The van der Waals surface area contributed by atoms with Crippen LogP contribution in [0.2, 0.25) is 5.02 Å². The molecule has 0 aliphatic carbocycles. The lowest BCUT2D eigenvalue weighted by Crippen LogP contribution is -2.36. The molecule has 0 unspecified atom stereocenters. The van der Waals surface area contributed by atoms with Crippen LogP contribution in [0.25, 0.3) is 5.69 Å². The van der Waals surface area contributed by atoms with E-state index in [0.717, 1.165) is 48.8 Å². The summed E-state index contributed by atoms with van der Waals surface area (Å²) in [6.07, 6.45) is 3.22. The van der Waals surface area contributed by atoms with Crippen molar-refractivity contribution < 1.29 is 4.79 Å². The Hall–Kier alpha value is -3.23. The second kappa shape index (κ2) is 9.79. The minimum atomic E-state index is -0.119. The van der Waals surface area contributed by atoms with Gasteiger partial charge in [-0.2, -0.15) is 0 Å². The molecule has 0 atom stereocenters. The Labute approximate surface area is 210 Å². The molecule has 35 heavy (non-hydrogen) atoms. The topological polar surface area (TPSA) is 78.7 Å². The van der Waals surface area contributed by atoms with Crippen LogP contribution in [0.5, 0.6) is 0 Å². The Morgan fingerprint density at radius 3 is 2.77 bits per heavy atom. The first-order valence-corrected chi connectivity index (χ1v) is 12.4. The number of hydrogen-bond acceptors (Lipinski definition) is 6. The Morgan fingerprint density at radius 2 is 2.03 bits per heavy atom. The van der Waals surface area contributed by atoms with E-state index in [2.05, 4.69) is 39.3 Å². The number of fused-ring (bicyclic) bond motifs is 1. The molecule has 3 aromatic rings. The van der Waals surface area contributed by atoms with Crippen LogP contribution in [-0.2, 0) is 11.3 Å². The van der Waals surface area contributed by atoms with Crippen LogP contribution >= 0.6 is 11.6 Å². The molecule has 5 rings (SSSR count). The fraction of sp³-hybridized carbons (Fsp3) is 0.385. The van der Waals surface area contributed by atoms with Crippen molar-refractivity contribution in [3.05, 3.63) is 58.9 Å². The van der Waals surface area contributed by atoms with Gasteiger partial charge in [-0.15, -0.1) is 5.10 Å². The monoisotopic (exact) mass is 491 g/mol. The molecule has 1 saturated heterocycles. The maximum Gasteiger partial charge on any atom is 0.230 e. The van der Waals surface area contributed by atoms with Crippen molar-refractivity contribution in [3.8, 4) is 5.69 Å². The summed E-state index contributed by atoms with van der Waals surface area (Å²) in [5, 5.41) is 12.0. The molecular weight excluding hydrogens is 462 g/mol. The summed E-state index contributed by atoms with van der Waals surface area (Å²) in [4.78, 5) is 22.2. The van der Waals surface area contributed by atoms with Crippen LogP contribution in [-0.4, -0.2) is 58.2 Å². The number of carbonyl (C=O) groups excluding carboxylic acids is 1. The maximum atomic E-state index is 12.8. The Morgan fingerprint density at radius 1 is 1.20 bits per heavy atom. The molecule has 1 N–H and O–H groups in total. The van der Waals surface area contributed by atoms with Crippen LogP contribution in [0.4, 0.5) is 17.1 Å². The number of halogens is 1. The minimum Gasteiger partial charge on any atom is -0.373 e. The number of carbonyl (C=O) groups is 1. The Balaban J connectivity index is 1.50. The predicted octanol–water partition coefficient (Wildman–Crippen LogP) is 4.68. The average Bonchev–Trinajstić information content (AvgIpc) is 3.18. The molecule has 1 aromatic heterocycles. The summed E-state index contributed by atoms with van der Waals surface area (Å²) >= 11 is 6.58. The largest absolute Gasteiger partial charge is 0.373 e. The first-order chi connectivity index (χ1) is 16.9. The van der Waals surface area contributed by atoms with E-state index in [-0.39, 0.29) is 12.3 Å². The molecule has 1 amide bonds. The number of anilines is 2. The zero-order valence-corrected chi connectivity index (χ0v) is 21.1. The van der Waals surface area contributed by atoms with Gasteiger partial charge in [0, 0.05) is 20.1 Å². The quantitative estimate of drug-likeness (QED) is 0.519. The average molecular weight is 492 g/mol. The highest BCUT2D eigenvalue weighted by molar-refractivity contribution is 6.34. The van der Waals surface area contributed by atoms with E-state index < -0.39 is 0 Å². The fourth-order valence-electron chi connectivity index (χ4n) is 4.55. The number of likely N-dealkylation sites (tertiary alicyclic amines) is 1. The molecule has 2 aliphatic rings. The number of amides is 1. The van der Waals surface area contributed by atoms with Crippen LogP contribution in [0.15, 0.2) is 47.6 Å². The normalized spacial score (nSPS) is 15.8. The SMILES string of the molecule is CC(C)CN(C)c1cc2c(cc1Cl)NC(=O)CC(c1cccc(-n3nncc3CN3CCC3)c1)=N2. The Bertz CT molecular complexity index is 1280. The van der Waals surface area contributed by atoms with E-state index in [1.807, 2.05) is 48.3 Å². The predicted molar refractivity (Wildman–Crippen MR) is 140 cm³/mol. The van der Waals surface area contributed by atoms with Crippen molar-refractivity contribution in [2.24, 2.45) is 10.9 Å². The van der Waals surface area contributed by atoms with Crippen molar-refractivity contribution in [2.75, 3.05) is 36.9 Å². The molecule has 3 heterocycles. The van der Waals surface area contributed by atoms with Crippen LogP contribution in [0, 0.1) is 5.92 Å². The smallest absolute Gasteiger partial charge is 0.230 e. The van der Waals surface area contributed by atoms with Gasteiger partial charge in [0.05, 0.1) is 51.8 Å². The third-order valence-electron chi connectivity index (χ3n) is 6.35. The number of aromatic nitrogens is 3. The van der Waals surface area contributed by atoms with Gasteiger partial charge >= 0.3 is 0 Å². The molecule has 0 saturated carbocycles. The summed E-state index contributed by atoms with van der Waals surface area (Å²) < 4.78 is 1.87. The zero-order valence-electron chi connectivity index (χ0n) is 20.3. The number of nitrogens with one attached hydrogen (secondary N) is 1. The van der Waals surface area contributed by atoms with Gasteiger partial charge in [-0.25, -0.2) is 4.68 Å². The van der Waals surface area contributed by atoms with Gasteiger partial charge in [0.1, 0.15) is 0 Å². The summed E-state index contributed by atoms with van der Waals surface area (Å²) in [5.41, 5.74) is 5.74. The number of aliphatic imine (C=N–C) groups is 1. The lowest BCUT2D eigenvalue weighted by molar-refractivity contribution is -0.115. The first kappa shape index (κ1) is 23.5. The highest BCUT2D eigenvalue weighted by Gasteiger charge is 2.21. The van der Waals surface area contributed by atoms with Crippen molar-refractivity contribution >= 4 is 40.3 Å². The van der Waals surface area contributed by atoms with E-state index >= 15 is 0 Å². The van der Waals surface area contributed by atoms with Gasteiger partial charge in [-0.05, 0) is 55.3 Å². The molecule has 2 aromatic carbocycles. The van der Waals surface area contributed by atoms with E-state index in [1.165, 1.54) is 6.42 Å². The highest BCUT2D eigenvalue weighted by Crippen LogP contribution is 2.38. The first-order valence-electron chi connectivity index (χ1n) is 12.0. The third kappa shape index (κ3) is 5.09. The van der Waals surface area contributed by atoms with Crippen LogP contribution in [0.1, 0.15) is 37.9 Å². The van der Waals surface area contributed by atoms with E-state index in [4.69, 9.17) is 16.6 Å². The summed E-state index contributed by atoms with van der Waals surface area (Å²) in [6.45, 7) is 8.23. The molecule has 0 radical (unpaired) electrons. The van der Waals surface area contributed by atoms with Gasteiger partial charge in [-0.3, -0.25) is 14.7 Å². The maximum absolute atomic E-state index is 12.8. The second-order valence-electron chi connectivity index (χ2n) is 9.70. The molecule has 9 heteroatoms. The molecule has 0 spiro atoms. The zero-order chi connectivity index (χ0) is 24.5. The van der Waals surface area contributed by atoms with E-state index in [0.29, 0.717) is 28.0 Å². The second-order valence-corrected chi connectivity index (χ2v) is 10.1. The van der Waals surface area contributed by atoms with Gasteiger partial charge in [0.2, 0.25) is 5.91 Å². The number of benzene rings is 2. The highest BCUT2D eigenvalue weighted by atomic mass is 35.5. The minimum absolute atomic E-state index is 0.119. The summed E-state index contributed by atoms with van der Waals surface area (Å²) in [5.74, 6) is 0.366. The summed E-state index contributed by atoms with van der Waals surface area (Å²) in [7, 11) is 2.02. The van der Waals surface area contributed by atoms with Crippen molar-refractivity contribution in [1.29, 1.82) is 0 Å². The third-order valence-corrected chi connectivity index (χ3v) is 6.65. The Kier molecular flexibility index (Phi) is 6.58. The number of rotatable bonds is 7. The molecular formula is C26H30ClN7O. The number of nitrogens with zero attached hydrogens (tertiary/aromatic N) is 6.